The van der Waals surface area contributed by atoms with Crippen LogP contribution in [0.4, 0.5) is 5.82 Å². The van der Waals surface area contributed by atoms with Crippen LogP contribution >= 0.6 is 0 Å². The lowest BCUT2D eigenvalue weighted by Gasteiger charge is -2.16. The van der Waals surface area contributed by atoms with Crippen molar-refractivity contribution >= 4 is 11.6 Å². The smallest absolute Gasteiger partial charge is 0.327 e. The average molecular weight is 255 g/mol. The van der Waals surface area contributed by atoms with E-state index in [-0.39, 0.29) is 30.4 Å². The molecule has 0 spiro atoms. The number of ketones is 1. The van der Waals surface area contributed by atoms with E-state index in [9.17, 15) is 14.4 Å². The van der Waals surface area contributed by atoms with Gasteiger partial charge in [-0.25, -0.2) is 4.79 Å². The summed E-state index contributed by atoms with van der Waals surface area (Å²) in [5, 5.41) is 0. The van der Waals surface area contributed by atoms with Gasteiger partial charge < -0.3 is 9.64 Å². The Balaban J connectivity index is 0.000000771. The van der Waals surface area contributed by atoms with Crippen LogP contribution in [0.25, 0.3) is 0 Å². The quantitative estimate of drug-likeness (QED) is 0.797. The highest BCUT2D eigenvalue weighted by Crippen LogP contribution is 2.20. The molecule has 18 heavy (non-hydrogen) atoms. The molecule has 0 aliphatic carbocycles. The van der Waals surface area contributed by atoms with E-state index in [2.05, 4.69) is 4.98 Å². The van der Waals surface area contributed by atoms with E-state index in [1.807, 2.05) is 25.8 Å². The maximum absolute atomic E-state index is 11.5. The molecule has 0 fully saturated rings. The van der Waals surface area contributed by atoms with E-state index in [4.69, 9.17) is 4.74 Å². The minimum absolute atomic E-state index is 0.000645. The number of aromatic nitrogens is 2. The Labute approximate surface area is 104 Å². The van der Waals surface area contributed by atoms with E-state index >= 15 is 0 Å². The van der Waals surface area contributed by atoms with Crippen LogP contribution in [0, 0.1) is 0 Å². The minimum atomic E-state index is -0.650. The van der Waals surface area contributed by atoms with Gasteiger partial charge in [0.25, 0.3) is 5.56 Å². The third kappa shape index (κ3) is 2.67. The molecule has 0 atom stereocenters. The van der Waals surface area contributed by atoms with Crippen molar-refractivity contribution in [2.75, 3.05) is 24.8 Å². The standard InChI is InChI=1S/C9H11N3O4.C2H6/c1-2-16-4-12-3-5(13)6-7(12)10-9(15)11-8(6)14;1-2/h2-4H2,1H3,(H2,10,11,14,15);1-2H3. The number of fused-ring (bicyclic) bond motifs is 1. The zero-order chi connectivity index (χ0) is 13.7. The van der Waals surface area contributed by atoms with Crippen molar-refractivity contribution in [3.63, 3.8) is 0 Å². The fourth-order valence-electron chi connectivity index (χ4n) is 1.61. The second-order valence-electron chi connectivity index (χ2n) is 3.37. The van der Waals surface area contributed by atoms with Gasteiger partial charge in [0.2, 0.25) is 0 Å². The maximum Gasteiger partial charge on any atom is 0.327 e. The zero-order valence-corrected chi connectivity index (χ0v) is 10.7. The number of anilines is 1. The lowest BCUT2D eigenvalue weighted by Crippen LogP contribution is -2.29. The van der Waals surface area contributed by atoms with Gasteiger partial charge in [0.1, 0.15) is 18.1 Å². The van der Waals surface area contributed by atoms with Gasteiger partial charge in [-0.15, -0.1) is 0 Å². The first-order valence-electron chi connectivity index (χ1n) is 5.86. The summed E-state index contributed by atoms with van der Waals surface area (Å²) in [5.41, 5.74) is -1.28. The highest BCUT2D eigenvalue weighted by Gasteiger charge is 2.30. The van der Waals surface area contributed by atoms with Crippen molar-refractivity contribution in [1.29, 1.82) is 0 Å². The number of Topliss-reactive ketones (excluding diaryl/α,β-unsaturated/α-hetero) is 1. The molecule has 7 heteroatoms. The summed E-state index contributed by atoms with van der Waals surface area (Å²) in [7, 11) is 0. The molecule has 2 N–H and O–H groups in total. The van der Waals surface area contributed by atoms with Crippen LogP contribution in [-0.4, -0.2) is 35.6 Å². The summed E-state index contributed by atoms with van der Waals surface area (Å²) < 4.78 is 5.14. The number of rotatable bonds is 3. The largest absolute Gasteiger partial charge is 0.361 e. The predicted molar refractivity (Wildman–Crippen MR) is 67.2 cm³/mol. The first-order valence-corrected chi connectivity index (χ1v) is 5.86. The van der Waals surface area contributed by atoms with Crippen molar-refractivity contribution in [3.8, 4) is 0 Å². The molecule has 0 amide bonds. The van der Waals surface area contributed by atoms with Crippen molar-refractivity contribution in [1.82, 2.24) is 9.97 Å². The van der Waals surface area contributed by atoms with Crippen LogP contribution in [0.1, 0.15) is 31.1 Å². The number of aromatic amines is 2. The molecule has 100 valence electrons. The first-order chi connectivity index (χ1) is 8.63. The molecule has 0 radical (unpaired) electrons. The van der Waals surface area contributed by atoms with E-state index in [0.717, 1.165) is 0 Å². The van der Waals surface area contributed by atoms with Crippen LogP contribution in [0.15, 0.2) is 9.59 Å². The van der Waals surface area contributed by atoms with Gasteiger partial charge >= 0.3 is 5.69 Å². The van der Waals surface area contributed by atoms with Crippen molar-refractivity contribution in [2.45, 2.75) is 20.8 Å². The second kappa shape index (κ2) is 6.15. The Morgan fingerprint density at radius 1 is 1.22 bits per heavy atom. The molecule has 1 aliphatic rings. The lowest BCUT2D eigenvalue weighted by atomic mass is 10.2. The molecule has 0 unspecified atom stereocenters. The molecular formula is C11H17N3O4. The molecule has 0 bridgehead atoms. The Bertz CT molecular complexity index is 532. The molecule has 2 rings (SSSR count). The molecule has 1 aromatic rings. The Morgan fingerprint density at radius 2 is 1.89 bits per heavy atom. The van der Waals surface area contributed by atoms with Gasteiger partial charge in [0.15, 0.2) is 5.78 Å². The molecule has 1 aliphatic heterocycles. The van der Waals surface area contributed by atoms with Gasteiger partial charge in [0.05, 0.1) is 6.54 Å². The van der Waals surface area contributed by atoms with Crippen LogP contribution in [0.3, 0.4) is 0 Å². The normalized spacial score (nSPS) is 13.1. The monoisotopic (exact) mass is 255 g/mol. The summed E-state index contributed by atoms with van der Waals surface area (Å²) in [6.07, 6.45) is 0. The van der Waals surface area contributed by atoms with Crippen LogP contribution in [-0.2, 0) is 4.74 Å². The number of nitrogens with zero attached hydrogens (tertiary/aromatic N) is 1. The van der Waals surface area contributed by atoms with Crippen molar-refractivity contribution in [2.24, 2.45) is 0 Å². The molecule has 0 saturated carbocycles. The number of nitrogens with one attached hydrogen (secondary N) is 2. The summed E-state index contributed by atoms with van der Waals surface area (Å²) in [6, 6.07) is 0. The summed E-state index contributed by atoms with van der Waals surface area (Å²) >= 11 is 0. The summed E-state index contributed by atoms with van der Waals surface area (Å²) in [4.78, 5) is 40.0. The highest BCUT2D eigenvalue weighted by molar-refractivity contribution is 6.07. The number of carbonyl (C=O) groups excluding carboxylic acids is 1. The number of ether oxygens (including phenoxy) is 1. The maximum atomic E-state index is 11.5. The number of hydrogen-bond acceptors (Lipinski definition) is 5. The van der Waals surface area contributed by atoms with Crippen LogP contribution in [0.2, 0.25) is 0 Å². The van der Waals surface area contributed by atoms with Gasteiger partial charge in [-0.1, -0.05) is 13.8 Å². The zero-order valence-electron chi connectivity index (χ0n) is 10.7. The number of hydrogen-bond donors (Lipinski definition) is 2. The molecule has 7 nitrogen and oxygen atoms in total. The average Bonchev–Trinajstić information content (AvgIpc) is 2.66. The number of H-pyrrole nitrogens is 2. The van der Waals surface area contributed by atoms with E-state index < -0.39 is 11.2 Å². The van der Waals surface area contributed by atoms with E-state index in [0.29, 0.717) is 6.61 Å². The Hall–Kier alpha value is -1.89. The minimum Gasteiger partial charge on any atom is -0.361 e. The van der Waals surface area contributed by atoms with Crippen molar-refractivity contribution in [3.05, 3.63) is 26.4 Å². The first kappa shape index (κ1) is 14.2. The fraction of sp³-hybridized carbons (Fsp3) is 0.545. The Kier molecular flexibility index (Phi) is 4.85. The highest BCUT2D eigenvalue weighted by atomic mass is 16.5. The third-order valence-electron chi connectivity index (χ3n) is 2.30. The Morgan fingerprint density at radius 3 is 2.50 bits per heavy atom. The topological polar surface area (TPSA) is 95.3 Å². The van der Waals surface area contributed by atoms with Crippen LogP contribution < -0.4 is 16.1 Å². The SMILES string of the molecule is CC.CCOCN1CC(=O)c2c1[nH]c(=O)[nH]c2=O. The fourth-order valence-corrected chi connectivity index (χ4v) is 1.61. The molecule has 2 heterocycles. The van der Waals surface area contributed by atoms with Gasteiger partial charge in [-0.3, -0.25) is 19.6 Å². The summed E-state index contributed by atoms with van der Waals surface area (Å²) in [5.74, 6) is -0.0700. The van der Waals surface area contributed by atoms with Gasteiger partial charge in [-0.05, 0) is 6.92 Å². The molecule has 0 aromatic carbocycles. The summed E-state index contributed by atoms with van der Waals surface area (Å²) in [6.45, 7) is 6.54. The second-order valence-corrected chi connectivity index (χ2v) is 3.37. The molecular weight excluding hydrogens is 238 g/mol. The lowest BCUT2D eigenvalue weighted by molar-refractivity contribution is 0.0991. The molecule has 1 aromatic heterocycles. The van der Waals surface area contributed by atoms with Gasteiger partial charge in [-0.2, -0.15) is 0 Å². The van der Waals surface area contributed by atoms with Gasteiger partial charge in [0, 0.05) is 6.61 Å². The van der Waals surface area contributed by atoms with Crippen molar-refractivity contribution < 1.29 is 9.53 Å². The predicted octanol–water partition coefficient (Wildman–Crippen LogP) is 0.0861. The molecule has 0 saturated heterocycles. The van der Waals surface area contributed by atoms with E-state index in [1.165, 1.54) is 4.90 Å². The van der Waals surface area contributed by atoms with E-state index in [1.54, 1.807) is 0 Å². The number of carbonyl (C=O) groups is 1. The van der Waals surface area contributed by atoms with Crippen LogP contribution in [0.5, 0.6) is 0 Å². The third-order valence-corrected chi connectivity index (χ3v) is 2.30.